The van der Waals surface area contributed by atoms with Crippen molar-refractivity contribution >= 4 is 22.5 Å². The van der Waals surface area contributed by atoms with Crippen molar-refractivity contribution in [1.29, 1.82) is 5.26 Å². The van der Waals surface area contributed by atoms with E-state index in [1.807, 2.05) is 24.3 Å². The Balaban J connectivity index is 2.40. The van der Waals surface area contributed by atoms with E-state index in [2.05, 4.69) is 16.4 Å². The number of carbonyl (C=O) groups excluding carboxylic acids is 1. The van der Waals surface area contributed by atoms with Crippen LogP contribution in [0.3, 0.4) is 0 Å². The highest BCUT2D eigenvalue weighted by Gasteiger charge is 2.10. The Bertz CT molecular complexity index is 658. The second-order valence-electron chi connectivity index (χ2n) is 4.32. The van der Waals surface area contributed by atoms with E-state index in [0.717, 1.165) is 10.9 Å². The van der Waals surface area contributed by atoms with Gasteiger partial charge < -0.3 is 10.2 Å². The molecule has 1 heterocycles. The second-order valence-corrected chi connectivity index (χ2v) is 4.32. The summed E-state index contributed by atoms with van der Waals surface area (Å²) in [5.74, 6) is -0.0511. The van der Waals surface area contributed by atoms with Crippen LogP contribution < -0.4 is 5.32 Å². The zero-order valence-electron chi connectivity index (χ0n) is 10.8. The SMILES string of the molecule is CN(C)C(=O)CNc1c(C#N)cnc2ccccc12. The summed E-state index contributed by atoms with van der Waals surface area (Å²) in [6.45, 7) is 0.148. The Morgan fingerprint density at radius 2 is 2.16 bits per heavy atom. The van der Waals surface area contributed by atoms with E-state index in [-0.39, 0.29) is 12.5 Å². The molecule has 0 aliphatic carbocycles. The molecule has 5 heteroatoms. The number of rotatable bonds is 3. The van der Waals surface area contributed by atoms with Gasteiger partial charge in [-0.05, 0) is 6.07 Å². The molecule has 0 radical (unpaired) electrons. The zero-order valence-corrected chi connectivity index (χ0v) is 10.8. The largest absolute Gasteiger partial charge is 0.374 e. The molecule has 1 aromatic heterocycles. The number of amides is 1. The highest BCUT2D eigenvalue weighted by molar-refractivity contribution is 5.95. The first-order valence-corrected chi connectivity index (χ1v) is 5.85. The number of likely N-dealkylation sites (N-methyl/N-ethyl adjacent to an activating group) is 1. The van der Waals surface area contributed by atoms with Crippen molar-refractivity contribution in [2.24, 2.45) is 0 Å². The quantitative estimate of drug-likeness (QED) is 0.903. The standard InChI is InChI=1S/C14H14N4O/c1-18(2)13(19)9-17-14-10(7-15)8-16-12-6-4-3-5-11(12)14/h3-6,8H,9H2,1-2H3,(H,16,17). The van der Waals surface area contributed by atoms with Gasteiger partial charge in [0.15, 0.2) is 0 Å². The Hall–Kier alpha value is -2.61. The van der Waals surface area contributed by atoms with Gasteiger partial charge in [0.25, 0.3) is 0 Å². The molecule has 5 nitrogen and oxygen atoms in total. The fraction of sp³-hybridized carbons (Fsp3) is 0.214. The number of fused-ring (bicyclic) bond motifs is 1. The molecule has 0 aliphatic heterocycles. The topological polar surface area (TPSA) is 69.0 Å². The fourth-order valence-electron chi connectivity index (χ4n) is 1.74. The van der Waals surface area contributed by atoms with Crippen LogP contribution in [0.25, 0.3) is 10.9 Å². The van der Waals surface area contributed by atoms with Crippen LogP contribution >= 0.6 is 0 Å². The summed E-state index contributed by atoms with van der Waals surface area (Å²) in [5, 5.41) is 13.0. The molecule has 19 heavy (non-hydrogen) atoms. The van der Waals surface area contributed by atoms with Crippen molar-refractivity contribution in [2.75, 3.05) is 26.0 Å². The average Bonchev–Trinajstić information content (AvgIpc) is 2.43. The number of nitrogens with one attached hydrogen (secondary N) is 1. The van der Waals surface area contributed by atoms with Crippen molar-refractivity contribution in [3.8, 4) is 6.07 Å². The number of para-hydroxylation sites is 1. The van der Waals surface area contributed by atoms with Gasteiger partial charge in [-0.3, -0.25) is 9.78 Å². The monoisotopic (exact) mass is 254 g/mol. The van der Waals surface area contributed by atoms with Crippen LogP contribution in [0.4, 0.5) is 5.69 Å². The first kappa shape index (κ1) is 12.8. The molecule has 0 aliphatic rings. The Morgan fingerprint density at radius 3 is 2.84 bits per heavy atom. The summed E-state index contributed by atoms with van der Waals surface area (Å²) in [4.78, 5) is 17.3. The maximum absolute atomic E-state index is 11.6. The lowest BCUT2D eigenvalue weighted by molar-refractivity contribution is -0.126. The van der Waals surface area contributed by atoms with Crippen molar-refractivity contribution < 1.29 is 4.79 Å². The number of nitrogens with zero attached hydrogens (tertiary/aromatic N) is 3. The first-order chi connectivity index (χ1) is 9.13. The van der Waals surface area contributed by atoms with E-state index < -0.39 is 0 Å². The maximum Gasteiger partial charge on any atom is 0.241 e. The number of anilines is 1. The number of nitriles is 1. The molecule has 0 spiro atoms. The van der Waals surface area contributed by atoms with Crippen LogP contribution in [0.2, 0.25) is 0 Å². The molecule has 0 saturated carbocycles. The van der Waals surface area contributed by atoms with Crippen molar-refractivity contribution in [3.05, 3.63) is 36.0 Å². The predicted molar refractivity (Wildman–Crippen MR) is 73.6 cm³/mol. The van der Waals surface area contributed by atoms with E-state index in [9.17, 15) is 4.79 Å². The van der Waals surface area contributed by atoms with Gasteiger partial charge in [-0.2, -0.15) is 5.26 Å². The van der Waals surface area contributed by atoms with Crippen molar-refractivity contribution in [3.63, 3.8) is 0 Å². The minimum Gasteiger partial charge on any atom is -0.374 e. The van der Waals surface area contributed by atoms with E-state index >= 15 is 0 Å². The van der Waals surface area contributed by atoms with E-state index in [1.165, 1.54) is 11.1 Å². The smallest absolute Gasteiger partial charge is 0.241 e. The molecule has 0 saturated heterocycles. The third-order valence-corrected chi connectivity index (χ3v) is 2.81. The lowest BCUT2D eigenvalue weighted by Crippen LogP contribution is -2.28. The molecule has 0 fully saturated rings. The van der Waals surface area contributed by atoms with Gasteiger partial charge in [0.1, 0.15) is 6.07 Å². The zero-order chi connectivity index (χ0) is 13.8. The molecular formula is C14H14N4O. The predicted octanol–water partition coefficient (Wildman–Crippen LogP) is 1.61. The molecule has 0 bridgehead atoms. The number of hydrogen-bond donors (Lipinski definition) is 1. The van der Waals surface area contributed by atoms with Crippen molar-refractivity contribution in [1.82, 2.24) is 9.88 Å². The number of benzene rings is 1. The normalized spacial score (nSPS) is 9.95. The molecule has 0 unspecified atom stereocenters. The van der Waals surface area contributed by atoms with Gasteiger partial charge in [0, 0.05) is 25.7 Å². The highest BCUT2D eigenvalue weighted by atomic mass is 16.2. The Labute approximate surface area is 111 Å². The Kier molecular flexibility index (Phi) is 3.62. The first-order valence-electron chi connectivity index (χ1n) is 5.85. The third kappa shape index (κ3) is 2.63. The highest BCUT2D eigenvalue weighted by Crippen LogP contribution is 2.24. The molecule has 1 N–H and O–H groups in total. The molecule has 2 aromatic rings. The van der Waals surface area contributed by atoms with Gasteiger partial charge in [-0.25, -0.2) is 0 Å². The van der Waals surface area contributed by atoms with E-state index in [1.54, 1.807) is 14.1 Å². The van der Waals surface area contributed by atoms with Gasteiger partial charge in [-0.15, -0.1) is 0 Å². The lowest BCUT2D eigenvalue weighted by Gasteiger charge is -2.14. The summed E-state index contributed by atoms with van der Waals surface area (Å²) < 4.78 is 0. The van der Waals surface area contributed by atoms with Crippen LogP contribution in [-0.2, 0) is 4.79 Å². The van der Waals surface area contributed by atoms with E-state index in [0.29, 0.717) is 11.3 Å². The summed E-state index contributed by atoms with van der Waals surface area (Å²) >= 11 is 0. The van der Waals surface area contributed by atoms with Crippen molar-refractivity contribution in [2.45, 2.75) is 0 Å². The summed E-state index contributed by atoms with van der Waals surface area (Å²) in [5.41, 5.74) is 1.88. The summed E-state index contributed by atoms with van der Waals surface area (Å²) in [6.07, 6.45) is 1.52. The van der Waals surface area contributed by atoms with Gasteiger partial charge in [0.2, 0.25) is 5.91 Å². The average molecular weight is 254 g/mol. The van der Waals surface area contributed by atoms with Crippen LogP contribution in [-0.4, -0.2) is 36.4 Å². The summed E-state index contributed by atoms with van der Waals surface area (Å²) in [7, 11) is 3.39. The van der Waals surface area contributed by atoms with Gasteiger partial charge in [0.05, 0.1) is 23.3 Å². The molecule has 1 aromatic carbocycles. The van der Waals surface area contributed by atoms with Crippen LogP contribution in [0.15, 0.2) is 30.5 Å². The van der Waals surface area contributed by atoms with Crippen LogP contribution in [0.1, 0.15) is 5.56 Å². The van der Waals surface area contributed by atoms with E-state index in [4.69, 9.17) is 5.26 Å². The fourth-order valence-corrected chi connectivity index (χ4v) is 1.74. The minimum absolute atomic E-state index is 0.0511. The molecule has 0 atom stereocenters. The molecule has 1 amide bonds. The minimum atomic E-state index is -0.0511. The second kappa shape index (κ2) is 5.36. The van der Waals surface area contributed by atoms with Gasteiger partial charge in [-0.1, -0.05) is 18.2 Å². The Morgan fingerprint density at radius 1 is 1.42 bits per heavy atom. The molecule has 2 rings (SSSR count). The lowest BCUT2D eigenvalue weighted by atomic mass is 10.1. The number of hydrogen-bond acceptors (Lipinski definition) is 4. The number of pyridine rings is 1. The summed E-state index contributed by atoms with van der Waals surface area (Å²) in [6, 6.07) is 9.61. The maximum atomic E-state index is 11.6. The number of carbonyl (C=O) groups is 1. The van der Waals surface area contributed by atoms with Crippen LogP contribution in [0.5, 0.6) is 0 Å². The van der Waals surface area contributed by atoms with Crippen LogP contribution in [0, 0.1) is 11.3 Å². The molecule has 96 valence electrons. The number of aromatic nitrogens is 1. The third-order valence-electron chi connectivity index (χ3n) is 2.81. The van der Waals surface area contributed by atoms with Gasteiger partial charge >= 0.3 is 0 Å². The molecular weight excluding hydrogens is 240 g/mol.